The van der Waals surface area contributed by atoms with Crippen molar-refractivity contribution in [3.63, 3.8) is 0 Å². The summed E-state index contributed by atoms with van der Waals surface area (Å²) < 4.78 is 1.82. The zero-order valence-corrected chi connectivity index (χ0v) is 9.85. The van der Waals surface area contributed by atoms with Gasteiger partial charge in [0.2, 0.25) is 0 Å². The summed E-state index contributed by atoms with van der Waals surface area (Å²) in [7, 11) is 0. The largest absolute Gasteiger partial charge is 0.314 e. The topological polar surface area (TPSA) is 37.3 Å². The van der Waals surface area contributed by atoms with Crippen molar-refractivity contribution in [3.05, 3.63) is 20.7 Å². The smallest absolute Gasteiger partial charge is 0.307 e. The molecule has 1 N–H and O–H groups in total. The second kappa shape index (κ2) is 4.92. The first-order chi connectivity index (χ1) is 7.25. The van der Waals surface area contributed by atoms with Crippen LogP contribution >= 0.6 is 11.3 Å². The molecular weight excluding hydrogens is 210 g/mol. The van der Waals surface area contributed by atoms with E-state index in [4.69, 9.17) is 0 Å². The lowest BCUT2D eigenvalue weighted by Gasteiger charge is -2.26. The number of hydrogen-bond donors (Lipinski definition) is 1. The number of aryl methyl sites for hydroxylation is 1. The van der Waals surface area contributed by atoms with Crippen molar-refractivity contribution in [3.8, 4) is 0 Å². The van der Waals surface area contributed by atoms with Gasteiger partial charge in [0.05, 0.1) is 0 Å². The van der Waals surface area contributed by atoms with Crippen LogP contribution in [0.5, 0.6) is 0 Å². The van der Waals surface area contributed by atoms with E-state index >= 15 is 0 Å². The lowest BCUT2D eigenvalue weighted by molar-refractivity contribution is 0.232. The first kappa shape index (κ1) is 10.9. The number of rotatable bonds is 3. The highest BCUT2D eigenvalue weighted by molar-refractivity contribution is 7.09. The van der Waals surface area contributed by atoms with Crippen LogP contribution in [0.3, 0.4) is 0 Å². The highest BCUT2D eigenvalue weighted by atomic mass is 32.1. The van der Waals surface area contributed by atoms with E-state index in [1.165, 1.54) is 11.3 Å². The molecule has 0 aromatic carbocycles. The van der Waals surface area contributed by atoms with Crippen LogP contribution in [0.15, 0.2) is 11.0 Å². The molecule has 0 radical (unpaired) electrons. The molecule has 84 valence electrons. The predicted octanol–water partition coefficient (Wildman–Crippen LogP) is 0.123. The van der Waals surface area contributed by atoms with E-state index in [0.717, 1.165) is 44.1 Å². The Balaban J connectivity index is 1.87. The highest BCUT2D eigenvalue weighted by Gasteiger charge is 2.09. The van der Waals surface area contributed by atoms with Crippen molar-refractivity contribution in [1.29, 1.82) is 0 Å². The van der Waals surface area contributed by atoms with E-state index < -0.39 is 0 Å². The third kappa shape index (κ3) is 2.90. The van der Waals surface area contributed by atoms with Gasteiger partial charge in [-0.3, -0.25) is 9.69 Å². The Morgan fingerprint density at radius 1 is 1.40 bits per heavy atom. The fourth-order valence-electron chi connectivity index (χ4n) is 1.83. The molecule has 1 aromatic heterocycles. The number of nitrogens with zero attached hydrogens (tertiary/aromatic N) is 2. The molecule has 4 nitrogen and oxygen atoms in total. The van der Waals surface area contributed by atoms with Crippen molar-refractivity contribution in [2.24, 2.45) is 0 Å². The lowest BCUT2D eigenvalue weighted by Crippen LogP contribution is -2.44. The summed E-state index contributed by atoms with van der Waals surface area (Å²) in [5, 5.41) is 3.32. The van der Waals surface area contributed by atoms with Crippen molar-refractivity contribution in [1.82, 2.24) is 14.8 Å². The maximum Gasteiger partial charge on any atom is 0.307 e. The van der Waals surface area contributed by atoms with Gasteiger partial charge in [0.1, 0.15) is 0 Å². The van der Waals surface area contributed by atoms with Gasteiger partial charge < -0.3 is 9.88 Å². The average Bonchev–Trinajstić information content (AvgIpc) is 2.56. The maximum absolute atomic E-state index is 11.5. The van der Waals surface area contributed by atoms with Gasteiger partial charge in [-0.25, -0.2) is 0 Å². The van der Waals surface area contributed by atoms with E-state index in [9.17, 15) is 4.79 Å². The quantitative estimate of drug-likeness (QED) is 0.797. The van der Waals surface area contributed by atoms with Gasteiger partial charge >= 0.3 is 4.87 Å². The minimum Gasteiger partial charge on any atom is -0.314 e. The van der Waals surface area contributed by atoms with E-state index in [1.807, 2.05) is 17.7 Å². The Kier molecular flexibility index (Phi) is 3.56. The summed E-state index contributed by atoms with van der Waals surface area (Å²) in [6.45, 7) is 8.11. The van der Waals surface area contributed by atoms with Crippen LogP contribution in [-0.4, -0.2) is 42.2 Å². The molecule has 1 aromatic rings. The molecule has 5 heteroatoms. The monoisotopic (exact) mass is 227 g/mol. The second-order valence-electron chi connectivity index (χ2n) is 3.89. The molecule has 0 bridgehead atoms. The van der Waals surface area contributed by atoms with Crippen LogP contribution in [-0.2, 0) is 6.54 Å². The Labute approximate surface area is 93.5 Å². The van der Waals surface area contributed by atoms with Gasteiger partial charge in [0.25, 0.3) is 0 Å². The highest BCUT2D eigenvalue weighted by Crippen LogP contribution is 2.01. The van der Waals surface area contributed by atoms with Crippen LogP contribution in [0, 0.1) is 6.92 Å². The number of nitrogens with one attached hydrogen (secondary N) is 1. The normalized spacial score (nSPS) is 18.2. The van der Waals surface area contributed by atoms with Crippen LogP contribution in [0.1, 0.15) is 4.88 Å². The van der Waals surface area contributed by atoms with E-state index in [-0.39, 0.29) is 4.87 Å². The molecule has 0 atom stereocenters. The van der Waals surface area contributed by atoms with E-state index in [1.54, 1.807) is 0 Å². The van der Waals surface area contributed by atoms with Gasteiger partial charge in [-0.2, -0.15) is 0 Å². The fourth-order valence-corrected chi connectivity index (χ4v) is 2.55. The number of aromatic nitrogens is 1. The Morgan fingerprint density at radius 2 is 2.13 bits per heavy atom. The van der Waals surface area contributed by atoms with Crippen LogP contribution in [0.2, 0.25) is 0 Å². The van der Waals surface area contributed by atoms with Gasteiger partial charge in [0, 0.05) is 50.3 Å². The Morgan fingerprint density at radius 3 is 2.73 bits per heavy atom. The van der Waals surface area contributed by atoms with Crippen molar-refractivity contribution in [2.45, 2.75) is 13.5 Å². The molecule has 1 fully saturated rings. The molecular formula is C10H17N3OS. The Hall–Kier alpha value is -0.650. The molecule has 2 rings (SSSR count). The third-order valence-electron chi connectivity index (χ3n) is 2.69. The zero-order chi connectivity index (χ0) is 10.7. The minimum atomic E-state index is 0.169. The summed E-state index contributed by atoms with van der Waals surface area (Å²) in [5.74, 6) is 0. The minimum absolute atomic E-state index is 0.169. The van der Waals surface area contributed by atoms with Gasteiger partial charge in [-0.15, -0.1) is 0 Å². The third-order valence-corrected chi connectivity index (χ3v) is 3.52. The maximum atomic E-state index is 11.5. The molecule has 0 aliphatic carbocycles. The molecule has 1 saturated heterocycles. The van der Waals surface area contributed by atoms with Crippen molar-refractivity contribution in [2.75, 3.05) is 32.7 Å². The first-order valence-corrected chi connectivity index (χ1v) is 6.17. The lowest BCUT2D eigenvalue weighted by atomic mass is 10.3. The number of thiazole rings is 1. The molecule has 1 aliphatic heterocycles. The number of piperazine rings is 1. The van der Waals surface area contributed by atoms with Gasteiger partial charge in [-0.05, 0) is 6.92 Å². The molecule has 0 amide bonds. The van der Waals surface area contributed by atoms with Crippen molar-refractivity contribution >= 4 is 11.3 Å². The predicted molar refractivity (Wildman–Crippen MR) is 62.6 cm³/mol. The molecule has 0 unspecified atom stereocenters. The summed E-state index contributed by atoms with van der Waals surface area (Å²) in [5.41, 5.74) is 0. The molecule has 2 heterocycles. The summed E-state index contributed by atoms with van der Waals surface area (Å²) in [6, 6.07) is 0. The molecule has 0 saturated carbocycles. The fraction of sp³-hybridized carbons (Fsp3) is 0.700. The van der Waals surface area contributed by atoms with E-state index in [0.29, 0.717) is 0 Å². The zero-order valence-electron chi connectivity index (χ0n) is 9.03. The van der Waals surface area contributed by atoms with Crippen LogP contribution in [0.4, 0.5) is 0 Å². The van der Waals surface area contributed by atoms with Gasteiger partial charge in [-0.1, -0.05) is 11.3 Å². The van der Waals surface area contributed by atoms with Crippen LogP contribution in [0.25, 0.3) is 0 Å². The SMILES string of the molecule is Cc1cn(CCN2CCNCC2)c(=O)s1. The molecule has 0 spiro atoms. The van der Waals surface area contributed by atoms with Gasteiger partial charge in [0.15, 0.2) is 0 Å². The summed E-state index contributed by atoms with van der Waals surface area (Å²) in [4.78, 5) is 15.1. The average molecular weight is 227 g/mol. The summed E-state index contributed by atoms with van der Waals surface area (Å²) >= 11 is 1.33. The summed E-state index contributed by atoms with van der Waals surface area (Å²) in [6.07, 6.45) is 1.95. The second-order valence-corrected chi connectivity index (χ2v) is 5.09. The van der Waals surface area contributed by atoms with Crippen LogP contribution < -0.4 is 10.2 Å². The van der Waals surface area contributed by atoms with E-state index in [2.05, 4.69) is 10.2 Å². The number of hydrogen-bond acceptors (Lipinski definition) is 4. The van der Waals surface area contributed by atoms with Crippen molar-refractivity contribution < 1.29 is 0 Å². The molecule has 1 aliphatic rings. The standard InChI is InChI=1S/C10H17N3OS/c1-9-8-13(10(14)15-9)7-6-12-4-2-11-3-5-12/h8,11H,2-7H2,1H3. The first-order valence-electron chi connectivity index (χ1n) is 5.35. The Bertz CT molecular complexity index is 365. The molecule has 15 heavy (non-hydrogen) atoms.